The maximum Gasteiger partial charge on any atom is 0.416 e. The van der Waals surface area contributed by atoms with E-state index in [0.717, 1.165) is 39.0 Å². The molecule has 4 N–H and O–H groups in total. The van der Waals surface area contributed by atoms with Gasteiger partial charge in [-0.2, -0.15) is 18.4 Å². The van der Waals surface area contributed by atoms with Crippen molar-refractivity contribution in [1.82, 2.24) is 0 Å². The molecule has 2 amide bonds. The van der Waals surface area contributed by atoms with Crippen LogP contribution in [0.1, 0.15) is 58.4 Å². The van der Waals surface area contributed by atoms with E-state index >= 15 is 0 Å². The first-order valence-electron chi connectivity index (χ1n) is 19.7. The van der Waals surface area contributed by atoms with Crippen molar-refractivity contribution in [3.63, 3.8) is 0 Å². The van der Waals surface area contributed by atoms with Crippen molar-refractivity contribution < 1.29 is 33.0 Å². The Balaban J connectivity index is 0.000000235. The normalized spacial score (nSPS) is 13.0. The summed E-state index contributed by atoms with van der Waals surface area (Å²) >= 11 is 2.78. The molecule has 0 bridgehead atoms. The third-order valence-electron chi connectivity index (χ3n) is 9.77. The molecular formula is C50H48F3N3O4S2. The van der Waals surface area contributed by atoms with Gasteiger partial charge in [0.05, 0.1) is 17.2 Å². The van der Waals surface area contributed by atoms with Crippen LogP contribution in [0.2, 0.25) is 0 Å². The monoisotopic (exact) mass is 875 g/mol. The van der Waals surface area contributed by atoms with Crippen molar-refractivity contribution in [3.8, 4) is 6.07 Å². The fourth-order valence-electron chi connectivity index (χ4n) is 6.16. The Kier molecular flexibility index (Phi) is 16.2. The minimum Gasteiger partial charge on any atom is -0.379 e. The molecule has 0 saturated heterocycles. The van der Waals surface area contributed by atoms with Gasteiger partial charge in [0.1, 0.15) is 11.2 Å². The summed E-state index contributed by atoms with van der Waals surface area (Å²) in [6, 6.07) is 46.8. The van der Waals surface area contributed by atoms with Crippen LogP contribution < -0.4 is 10.6 Å². The molecular weight excluding hydrogens is 828 g/mol. The molecule has 320 valence electrons. The van der Waals surface area contributed by atoms with Crippen LogP contribution in [0.25, 0.3) is 0 Å². The zero-order valence-electron chi connectivity index (χ0n) is 34.8. The Hall–Kier alpha value is -5.84. The van der Waals surface area contributed by atoms with Gasteiger partial charge in [0.25, 0.3) is 11.8 Å². The Morgan fingerprint density at radius 1 is 0.613 bits per heavy atom. The molecule has 0 aliphatic carbocycles. The number of nitriles is 1. The lowest BCUT2D eigenvalue weighted by atomic mass is 10.1. The molecule has 2 atom stereocenters. The Labute approximate surface area is 369 Å². The number of carbonyl (C=O) groups is 2. The summed E-state index contributed by atoms with van der Waals surface area (Å²) in [6.07, 6.45) is -2.97. The van der Waals surface area contributed by atoms with E-state index in [9.17, 15) is 33.0 Å². The first-order valence-corrected chi connectivity index (χ1v) is 21.7. The second-order valence-electron chi connectivity index (χ2n) is 15.3. The van der Waals surface area contributed by atoms with Gasteiger partial charge in [0.2, 0.25) is 0 Å². The SMILES string of the molecule is Cc1cc(NC(=O)C(C)(O)CSc2cccc(Cc3ccccc3)c2)ccc1C#N.Cc1ccc(NC(=O)C(C)(O)CSc2ccccc2Cc2ccccc2)cc1C(F)(F)F. The maximum absolute atomic E-state index is 13.1. The van der Waals surface area contributed by atoms with Crippen LogP contribution in [0.4, 0.5) is 24.5 Å². The molecule has 0 aliphatic rings. The summed E-state index contributed by atoms with van der Waals surface area (Å²) in [6.45, 7) is 6.03. The highest BCUT2D eigenvalue weighted by atomic mass is 32.2. The van der Waals surface area contributed by atoms with Gasteiger partial charge < -0.3 is 20.8 Å². The van der Waals surface area contributed by atoms with Crippen LogP contribution in [0.15, 0.2) is 155 Å². The van der Waals surface area contributed by atoms with Gasteiger partial charge in [-0.3, -0.25) is 9.59 Å². The summed E-state index contributed by atoms with van der Waals surface area (Å²) in [5, 5.41) is 35.6. The Morgan fingerprint density at radius 2 is 1.15 bits per heavy atom. The molecule has 0 spiro atoms. The van der Waals surface area contributed by atoms with Gasteiger partial charge in [-0.15, -0.1) is 23.5 Å². The molecule has 0 radical (unpaired) electrons. The topological polar surface area (TPSA) is 122 Å². The lowest BCUT2D eigenvalue weighted by molar-refractivity contribution is -0.138. The molecule has 2 unspecified atom stereocenters. The van der Waals surface area contributed by atoms with E-state index in [1.54, 1.807) is 18.2 Å². The predicted molar refractivity (Wildman–Crippen MR) is 243 cm³/mol. The van der Waals surface area contributed by atoms with Crippen molar-refractivity contribution in [2.45, 2.75) is 67.7 Å². The summed E-state index contributed by atoms with van der Waals surface area (Å²) < 4.78 is 39.4. The van der Waals surface area contributed by atoms with Gasteiger partial charge >= 0.3 is 6.18 Å². The number of amides is 2. The number of thioether (sulfide) groups is 2. The first kappa shape index (κ1) is 47.2. The third-order valence-corrected chi connectivity index (χ3v) is 12.5. The molecule has 0 saturated carbocycles. The highest BCUT2D eigenvalue weighted by Crippen LogP contribution is 2.34. The summed E-state index contributed by atoms with van der Waals surface area (Å²) in [5.41, 5.74) is 2.44. The van der Waals surface area contributed by atoms with Gasteiger partial charge in [0, 0.05) is 32.7 Å². The van der Waals surface area contributed by atoms with Crippen LogP contribution >= 0.6 is 23.5 Å². The second kappa shape index (κ2) is 21.3. The summed E-state index contributed by atoms with van der Waals surface area (Å²) in [5.74, 6) is -0.965. The molecule has 62 heavy (non-hydrogen) atoms. The van der Waals surface area contributed by atoms with Crippen LogP contribution in [0.3, 0.4) is 0 Å². The molecule has 12 heteroatoms. The standard InChI is InChI=1S/C25H24F3NO2S.C25H24N2O2S/c1-17-12-13-20(15-21(17)25(26,27)28)29-23(30)24(2,31)16-32-22-11-7-6-10-19(22)14-18-8-4-3-5-9-18;1-18-13-22(12-11-21(18)16-26)27-24(28)25(2,29)17-30-23-10-6-9-20(15-23)14-19-7-4-3-5-8-19/h3-13,15,31H,14,16H2,1-2H3,(H,29,30);3-13,15,29H,14,17H2,1-2H3,(H,27,28). The number of hydrogen-bond acceptors (Lipinski definition) is 7. The van der Waals surface area contributed by atoms with E-state index in [1.165, 1.54) is 67.6 Å². The fourth-order valence-corrected chi connectivity index (χ4v) is 8.22. The zero-order chi connectivity index (χ0) is 44.9. The van der Waals surface area contributed by atoms with E-state index in [2.05, 4.69) is 41.0 Å². The minimum absolute atomic E-state index is 0.0114. The predicted octanol–water partition coefficient (Wildman–Crippen LogP) is 11.0. The van der Waals surface area contributed by atoms with Gasteiger partial charge in [-0.05, 0) is 122 Å². The number of aryl methyl sites for hydroxylation is 2. The number of benzene rings is 6. The highest BCUT2D eigenvalue weighted by Gasteiger charge is 2.35. The average molecular weight is 876 g/mol. The van der Waals surface area contributed by atoms with Crippen LogP contribution in [-0.2, 0) is 28.6 Å². The highest BCUT2D eigenvalue weighted by molar-refractivity contribution is 7.99. The summed E-state index contributed by atoms with van der Waals surface area (Å²) in [4.78, 5) is 27.1. The average Bonchev–Trinajstić information content (AvgIpc) is 3.24. The lowest BCUT2D eigenvalue weighted by Gasteiger charge is -2.23. The van der Waals surface area contributed by atoms with E-state index in [-0.39, 0.29) is 22.8 Å². The molecule has 0 heterocycles. The molecule has 6 rings (SSSR count). The van der Waals surface area contributed by atoms with Crippen molar-refractivity contribution in [3.05, 3.63) is 190 Å². The van der Waals surface area contributed by atoms with Crippen LogP contribution in [0, 0.1) is 25.2 Å². The molecule has 6 aromatic rings. The van der Waals surface area contributed by atoms with Crippen molar-refractivity contribution in [2.24, 2.45) is 0 Å². The Bertz CT molecular complexity index is 2510. The van der Waals surface area contributed by atoms with Crippen LogP contribution in [-0.4, -0.2) is 44.7 Å². The van der Waals surface area contributed by atoms with E-state index in [0.29, 0.717) is 17.7 Å². The smallest absolute Gasteiger partial charge is 0.379 e. The van der Waals surface area contributed by atoms with Gasteiger partial charge in [-0.1, -0.05) is 97.1 Å². The van der Waals surface area contributed by atoms with Gasteiger partial charge in [0.15, 0.2) is 0 Å². The quantitative estimate of drug-likeness (QED) is 0.0804. The number of aliphatic hydroxyl groups is 2. The van der Waals surface area contributed by atoms with Crippen molar-refractivity contribution in [1.29, 1.82) is 5.26 Å². The van der Waals surface area contributed by atoms with Crippen molar-refractivity contribution in [2.75, 3.05) is 22.1 Å². The first-order chi connectivity index (χ1) is 29.4. The number of rotatable bonds is 14. The third kappa shape index (κ3) is 13.8. The number of alkyl halides is 3. The van der Waals surface area contributed by atoms with E-state index < -0.39 is 34.8 Å². The number of anilines is 2. The number of hydrogen-bond donors (Lipinski definition) is 4. The lowest BCUT2D eigenvalue weighted by Crippen LogP contribution is -2.42. The molecule has 0 fully saturated rings. The molecule has 7 nitrogen and oxygen atoms in total. The zero-order valence-corrected chi connectivity index (χ0v) is 36.4. The number of carbonyl (C=O) groups excluding carboxylic acids is 2. The van der Waals surface area contributed by atoms with Crippen molar-refractivity contribution >= 4 is 46.7 Å². The number of nitrogens with zero attached hydrogens (tertiary/aromatic N) is 1. The minimum atomic E-state index is -4.52. The van der Waals surface area contributed by atoms with E-state index in [1.807, 2.05) is 91.9 Å². The summed E-state index contributed by atoms with van der Waals surface area (Å²) in [7, 11) is 0. The van der Waals surface area contributed by atoms with Crippen LogP contribution in [0.5, 0.6) is 0 Å². The second-order valence-corrected chi connectivity index (χ2v) is 17.3. The fraction of sp³-hybridized carbons (Fsp3) is 0.220. The number of nitrogens with one attached hydrogen (secondary N) is 2. The maximum atomic E-state index is 13.1. The molecule has 0 aromatic heterocycles. The largest absolute Gasteiger partial charge is 0.416 e. The molecule has 0 aliphatic heterocycles. The van der Waals surface area contributed by atoms with Gasteiger partial charge in [-0.25, -0.2) is 0 Å². The number of halogens is 3. The Morgan fingerprint density at radius 3 is 1.74 bits per heavy atom. The molecule has 6 aromatic carbocycles. The van der Waals surface area contributed by atoms with E-state index in [4.69, 9.17) is 5.26 Å².